The smallest absolute Gasteiger partial charge is 0.246 e. The van der Waals surface area contributed by atoms with Crippen LogP contribution in [0.1, 0.15) is 31.8 Å². The molecular formula is C14H24N2O3S2. The normalized spacial score (nSPS) is 20.4. The van der Waals surface area contributed by atoms with E-state index in [1.54, 1.807) is 24.3 Å². The Morgan fingerprint density at radius 3 is 2.81 bits per heavy atom. The van der Waals surface area contributed by atoms with Gasteiger partial charge in [0.05, 0.1) is 6.54 Å². The van der Waals surface area contributed by atoms with Crippen molar-refractivity contribution in [2.75, 3.05) is 25.9 Å². The van der Waals surface area contributed by atoms with Crippen molar-refractivity contribution in [1.29, 1.82) is 0 Å². The van der Waals surface area contributed by atoms with E-state index in [2.05, 4.69) is 19.2 Å². The number of nitrogens with one attached hydrogen (secondary N) is 1. The van der Waals surface area contributed by atoms with Gasteiger partial charge in [-0.15, -0.1) is 0 Å². The lowest BCUT2D eigenvalue weighted by Crippen LogP contribution is -2.33. The maximum absolute atomic E-state index is 12.8. The van der Waals surface area contributed by atoms with E-state index in [4.69, 9.17) is 4.42 Å². The molecule has 2 rings (SSSR count). The lowest BCUT2D eigenvalue weighted by Gasteiger charge is -2.22. The van der Waals surface area contributed by atoms with E-state index in [9.17, 15) is 8.42 Å². The van der Waals surface area contributed by atoms with E-state index >= 15 is 0 Å². The average Bonchev–Trinajstić information content (AvgIpc) is 2.64. The molecule has 0 aromatic carbocycles. The molecule has 0 unspecified atom stereocenters. The topological polar surface area (TPSA) is 62.6 Å². The van der Waals surface area contributed by atoms with Crippen LogP contribution in [0.3, 0.4) is 0 Å². The van der Waals surface area contributed by atoms with Crippen LogP contribution in [-0.4, -0.2) is 43.4 Å². The van der Waals surface area contributed by atoms with Crippen molar-refractivity contribution in [2.45, 2.75) is 43.4 Å². The second-order valence-electron chi connectivity index (χ2n) is 5.93. The molecular weight excluding hydrogens is 308 g/mol. The molecule has 120 valence electrons. The first-order chi connectivity index (χ1) is 9.76. The number of nitrogens with zero attached hydrogens (tertiary/aromatic N) is 1. The number of hydrogen-bond acceptors (Lipinski definition) is 5. The Hall–Kier alpha value is -0.500. The van der Waals surface area contributed by atoms with Gasteiger partial charge in [-0.2, -0.15) is 16.1 Å². The molecule has 0 radical (unpaired) electrons. The Labute approximate surface area is 131 Å². The number of rotatable bonds is 4. The van der Waals surface area contributed by atoms with Gasteiger partial charge in [-0.05, 0) is 20.4 Å². The monoisotopic (exact) mass is 332 g/mol. The van der Waals surface area contributed by atoms with E-state index < -0.39 is 10.0 Å². The van der Waals surface area contributed by atoms with Crippen LogP contribution in [0.5, 0.6) is 0 Å². The first-order valence-corrected chi connectivity index (χ1v) is 9.57. The summed E-state index contributed by atoms with van der Waals surface area (Å²) < 4.78 is 32.9. The third-order valence-corrected chi connectivity index (χ3v) is 7.07. The van der Waals surface area contributed by atoms with Crippen molar-refractivity contribution >= 4 is 21.8 Å². The van der Waals surface area contributed by atoms with Crippen LogP contribution in [-0.2, 0) is 16.6 Å². The highest BCUT2D eigenvalue weighted by Crippen LogP contribution is 2.33. The standard InChI is InChI=1S/C14H24N2O3S2/c1-11-13(9-12(19-11)10-15-4)21(17,18)16-6-5-14(2,3)20-8-7-16/h9,15H,5-8,10H2,1-4H3. The maximum atomic E-state index is 12.8. The van der Waals surface area contributed by atoms with Crippen LogP contribution in [0.25, 0.3) is 0 Å². The number of furan rings is 1. The summed E-state index contributed by atoms with van der Waals surface area (Å²) in [6.07, 6.45) is 0.858. The zero-order chi connectivity index (χ0) is 15.7. The van der Waals surface area contributed by atoms with Crippen LogP contribution in [0, 0.1) is 6.92 Å². The molecule has 1 fully saturated rings. The summed E-state index contributed by atoms with van der Waals surface area (Å²) in [5.74, 6) is 1.95. The minimum Gasteiger partial charge on any atom is -0.464 e. The summed E-state index contributed by atoms with van der Waals surface area (Å²) >= 11 is 1.83. The molecule has 5 nitrogen and oxygen atoms in total. The second-order valence-corrected chi connectivity index (χ2v) is 9.63. The van der Waals surface area contributed by atoms with Crippen molar-refractivity contribution < 1.29 is 12.8 Å². The SMILES string of the molecule is CNCc1cc(S(=O)(=O)N2CCSC(C)(C)CC2)c(C)o1. The number of sulfonamides is 1. The van der Waals surface area contributed by atoms with E-state index in [0.29, 0.717) is 36.1 Å². The fourth-order valence-corrected chi connectivity index (χ4v) is 5.27. The molecule has 2 heterocycles. The summed E-state index contributed by atoms with van der Waals surface area (Å²) in [5.41, 5.74) is 0. The Morgan fingerprint density at radius 2 is 2.14 bits per heavy atom. The highest BCUT2D eigenvalue weighted by Gasteiger charge is 2.33. The molecule has 1 saturated heterocycles. The Morgan fingerprint density at radius 1 is 1.43 bits per heavy atom. The van der Waals surface area contributed by atoms with Crippen molar-refractivity contribution in [2.24, 2.45) is 0 Å². The van der Waals surface area contributed by atoms with Gasteiger partial charge in [-0.25, -0.2) is 8.42 Å². The van der Waals surface area contributed by atoms with Crippen molar-refractivity contribution in [3.8, 4) is 0 Å². The van der Waals surface area contributed by atoms with Gasteiger partial charge >= 0.3 is 0 Å². The molecule has 1 aromatic rings. The number of aryl methyl sites for hydroxylation is 1. The molecule has 0 saturated carbocycles. The molecule has 0 atom stereocenters. The molecule has 1 aromatic heterocycles. The predicted molar refractivity (Wildman–Crippen MR) is 86.1 cm³/mol. The molecule has 1 aliphatic heterocycles. The molecule has 0 spiro atoms. The largest absolute Gasteiger partial charge is 0.464 e. The van der Waals surface area contributed by atoms with Gasteiger partial charge in [0.25, 0.3) is 0 Å². The van der Waals surface area contributed by atoms with Crippen molar-refractivity contribution in [1.82, 2.24) is 9.62 Å². The fraction of sp³-hybridized carbons (Fsp3) is 0.714. The zero-order valence-corrected chi connectivity index (χ0v) is 14.7. The van der Waals surface area contributed by atoms with Crippen LogP contribution in [0.4, 0.5) is 0 Å². The first-order valence-electron chi connectivity index (χ1n) is 7.14. The molecule has 1 N–H and O–H groups in total. The lowest BCUT2D eigenvalue weighted by atomic mass is 10.1. The molecule has 0 bridgehead atoms. The number of thioether (sulfide) groups is 1. The minimum absolute atomic E-state index is 0.132. The summed E-state index contributed by atoms with van der Waals surface area (Å²) in [4.78, 5) is 0.303. The summed E-state index contributed by atoms with van der Waals surface area (Å²) in [5, 5.41) is 2.97. The van der Waals surface area contributed by atoms with E-state index in [-0.39, 0.29) is 4.75 Å². The molecule has 0 amide bonds. The van der Waals surface area contributed by atoms with Gasteiger partial charge in [0, 0.05) is 29.7 Å². The zero-order valence-electron chi connectivity index (χ0n) is 13.1. The van der Waals surface area contributed by atoms with Crippen molar-refractivity contribution in [3.63, 3.8) is 0 Å². The Balaban J connectivity index is 2.25. The van der Waals surface area contributed by atoms with Crippen LogP contribution in [0.2, 0.25) is 0 Å². The third kappa shape index (κ3) is 3.83. The van der Waals surface area contributed by atoms with E-state index in [1.165, 1.54) is 0 Å². The Kier molecular flexibility index (Phi) is 5.07. The van der Waals surface area contributed by atoms with Gasteiger partial charge < -0.3 is 9.73 Å². The molecule has 0 aliphatic carbocycles. The van der Waals surface area contributed by atoms with Crippen LogP contribution < -0.4 is 5.32 Å². The minimum atomic E-state index is -3.47. The van der Waals surface area contributed by atoms with Gasteiger partial charge in [-0.1, -0.05) is 13.8 Å². The average molecular weight is 332 g/mol. The van der Waals surface area contributed by atoms with Gasteiger partial charge in [0.2, 0.25) is 10.0 Å². The van der Waals surface area contributed by atoms with Gasteiger partial charge in [-0.3, -0.25) is 0 Å². The summed E-state index contributed by atoms with van der Waals surface area (Å²) in [7, 11) is -1.66. The maximum Gasteiger partial charge on any atom is 0.246 e. The Bertz CT molecular complexity index is 593. The lowest BCUT2D eigenvalue weighted by molar-refractivity contribution is 0.412. The molecule has 21 heavy (non-hydrogen) atoms. The quantitative estimate of drug-likeness (QED) is 0.916. The first kappa shape index (κ1) is 16.9. The summed E-state index contributed by atoms with van der Waals surface area (Å²) in [6.45, 7) is 7.70. The molecule has 1 aliphatic rings. The summed E-state index contributed by atoms with van der Waals surface area (Å²) in [6, 6.07) is 1.64. The molecule has 7 heteroatoms. The van der Waals surface area contributed by atoms with E-state index in [0.717, 1.165) is 12.2 Å². The predicted octanol–water partition coefficient (Wildman–Crippen LogP) is 2.21. The van der Waals surface area contributed by atoms with E-state index in [1.807, 2.05) is 11.8 Å². The highest BCUT2D eigenvalue weighted by molar-refractivity contribution is 8.00. The van der Waals surface area contributed by atoms with Crippen molar-refractivity contribution in [3.05, 3.63) is 17.6 Å². The van der Waals surface area contributed by atoms with Gasteiger partial charge in [0.15, 0.2) is 0 Å². The third-order valence-electron chi connectivity index (χ3n) is 3.69. The van der Waals surface area contributed by atoms with Crippen LogP contribution >= 0.6 is 11.8 Å². The van der Waals surface area contributed by atoms with Gasteiger partial charge in [0.1, 0.15) is 16.4 Å². The van der Waals surface area contributed by atoms with Crippen LogP contribution in [0.15, 0.2) is 15.4 Å². The number of hydrogen-bond donors (Lipinski definition) is 1. The highest BCUT2D eigenvalue weighted by atomic mass is 32.2. The fourth-order valence-electron chi connectivity index (χ4n) is 2.42. The second kappa shape index (κ2) is 6.32.